The summed E-state index contributed by atoms with van der Waals surface area (Å²) in [5.41, 5.74) is 4.76. The van der Waals surface area contributed by atoms with Crippen LogP contribution in [0.1, 0.15) is 80.0 Å². The number of hydrogen-bond donors (Lipinski definition) is 0. The lowest BCUT2D eigenvalue weighted by atomic mass is 9.84. The lowest BCUT2D eigenvalue weighted by Gasteiger charge is -2.22. The second-order valence-corrected chi connectivity index (χ2v) is 6.84. The van der Waals surface area contributed by atoms with E-state index >= 15 is 0 Å². The zero-order valence-corrected chi connectivity index (χ0v) is 13.1. The highest BCUT2D eigenvalue weighted by Gasteiger charge is 2.27. The van der Waals surface area contributed by atoms with Gasteiger partial charge in [-0.1, -0.05) is 25.7 Å². The number of aromatic nitrogens is 1. The van der Waals surface area contributed by atoms with Gasteiger partial charge in [0.25, 0.3) is 0 Å². The largest absolute Gasteiger partial charge is 0.261 e. The van der Waals surface area contributed by atoms with E-state index in [0.29, 0.717) is 0 Å². The Morgan fingerprint density at radius 2 is 1.63 bits per heavy atom. The topological polar surface area (TPSA) is 12.9 Å². The summed E-state index contributed by atoms with van der Waals surface area (Å²) in [4.78, 5) is 4.73. The molecule has 0 N–H and O–H groups in total. The van der Waals surface area contributed by atoms with Gasteiger partial charge in [-0.15, -0.1) is 9.24 Å². The summed E-state index contributed by atoms with van der Waals surface area (Å²) in [5, 5.41) is 0. The second kappa shape index (κ2) is 6.35. The average molecular weight is 275 g/mol. The molecular formula is C17H26NP. The molecule has 2 aliphatic carbocycles. The Kier molecular flexibility index (Phi) is 4.53. The number of nitrogens with zero attached hydrogens (tertiary/aromatic N) is 1. The van der Waals surface area contributed by atoms with Gasteiger partial charge in [0.15, 0.2) is 0 Å². The quantitative estimate of drug-likeness (QED) is 0.718. The van der Waals surface area contributed by atoms with E-state index in [9.17, 15) is 0 Å². The zero-order valence-electron chi connectivity index (χ0n) is 11.9. The number of pyridine rings is 1. The van der Waals surface area contributed by atoms with Crippen LogP contribution in [0, 0.1) is 0 Å². The molecular weight excluding hydrogens is 249 g/mol. The van der Waals surface area contributed by atoms with Crippen molar-refractivity contribution in [2.45, 2.75) is 69.6 Å². The molecule has 0 saturated heterocycles. The van der Waals surface area contributed by atoms with Crippen molar-refractivity contribution in [1.82, 2.24) is 4.98 Å². The highest BCUT2D eigenvalue weighted by Crippen LogP contribution is 2.43. The second-order valence-electron chi connectivity index (χ2n) is 6.26. The number of hydrogen-bond acceptors (Lipinski definition) is 1. The van der Waals surface area contributed by atoms with E-state index in [2.05, 4.69) is 21.5 Å². The Hall–Kier alpha value is -0.420. The van der Waals surface area contributed by atoms with Gasteiger partial charge in [-0.05, 0) is 67.3 Å². The molecule has 1 aromatic rings. The van der Waals surface area contributed by atoms with Crippen molar-refractivity contribution in [2.24, 2.45) is 0 Å². The van der Waals surface area contributed by atoms with E-state index in [1.165, 1.54) is 57.1 Å². The van der Waals surface area contributed by atoms with Gasteiger partial charge in [0, 0.05) is 11.9 Å². The molecule has 0 spiro atoms. The van der Waals surface area contributed by atoms with Crippen LogP contribution in [-0.4, -0.2) is 11.1 Å². The number of rotatable bonds is 4. The van der Waals surface area contributed by atoms with Gasteiger partial charge in [0.2, 0.25) is 0 Å². The fraction of sp³-hybridized carbons (Fsp3) is 0.706. The Morgan fingerprint density at radius 1 is 1.00 bits per heavy atom. The average Bonchev–Trinajstić information content (AvgIpc) is 3.12. The van der Waals surface area contributed by atoms with Crippen LogP contribution in [0.3, 0.4) is 0 Å². The summed E-state index contributed by atoms with van der Waals surface area (Å²) in [5.74, 6) is 1.65. The third-order valence-electron chi connectivity index (χ3n) is 5.05. The fourth-order valence-corrected chi connectivity index (χ4v) is 4.42. The van der Waals surface area contributed by atoms with Gasteiger partial charge in [-0.2, -0.15) is 0 Å². The van der Waals surface area contributed by atoms with Crippen molar-refractivity contribution >= 4 is 9.24 Å². The summed E-state index contributed by atoms with van der Waals surface area (Å²) < 4.78 is 0. The fourth-order valence-electron chi connectivity index (χ4n) is 4.15. The summed E-state index contributed by atoms with van der Waals surface area (Å²) >= 11 is 0. The van der Waals surface area contributed by atoms with E-state index in [0.717, 1.165) is 24.4 Å². The maximum absolute atomic E-state index is 4.73. The van der Waals surface area contributed by atoms with Crippen LogP contribution < -0.4 is 0 Å². The molecule has 2 saturated carbocycles. The van der Waals surface area contributed by atoms with Gasteiger partial charge in [-0.25, -0.2) is 0 Å². The van der Waals surface area contributed by atoms with Gasteiger partial charge < -0.3 is 0 Å². The third kappa shape index (κ3) is 2.87. The van der Waals surface area contributed by atoms with Gasteiger partial charge in [0.05, 0.1) is 0 Å². The van der Waals surface area contributed by atoms with E-state index in [4.69, 9.17) is 4.98 Å². The maximum Gasteiger partial charge on any atom is 0.0444 e. The molecule has 3 rings (SSSR count). The van der Waals surface area contributed by atoms with Crippen molar-refractivity contribution in [3.63, 3.8) is 0 Å². The zero-order chi connectivity index (χ0) is 13.1. The minimum Gasteiger partial charge on any atom is -0.261 e. The van der Waals surface area contributed by atoms with Crippen molar-refractivity contribution in [1.29, 1.82) is 0 Å². The van der Waals surface area contributed by atoms with Crippen LogP contribution in [-0.2, 0) is 6.42 Å². The van der Waals surface area contributed by atoms with E-state index in [-0.39, 0.29) is 0 Å². The standard InChI is InChI=1S/C17H26NP/c19-12-10-16-17(14-7-3-4-8-14)15(9-11-18-16)13-5-1-2-6-13/h9,11,13-14H,1-8,10,12,19H2. The lowest BCUT2D eigenvalue weighted by molar-refractivity contribution is 0.651. The first-order valence-corrected chi connectivity index (χ1v) is 8.89. The van der Waals surface area contributed by atoms with Crippen molar-refractivity contribution < 1.29 is 0 Å². The molecule has 0 radical (unpaired) electrons. The summed E-state index contributed by atoms with van der Waals surface area (Å²) in [7, 11) is 2.87. The molecule has 1 atom stereocenters. The van der Waals surface area contributed by atoms with Gasteiger partial charge >= 0.3 is 0 Å². The molecule has 19 heavy (non-hydrogen) atoms. The van der Waals surface area contributed by atoms with Crippen LogP contribution in [0.15, 0.2) is 12.3 Å². The van der Waals surface area contributed by atoms with Crippen LogP contribution in [0.2, 0.25) is 0 Å². The minimum atomic E-state index is 0.816. The first kappa shape index (κ1) is 13.6. The molecule has 1 unspecified atom stereocenters. The van der Waals surface area contributed by atoms with E-state index in [1.807, 2.05) is 0 Å². The molecule has 2 heteroatoms. The monoisotopic (exact) mass is 275 g/mol. The number of aryl methyl sites for hydroxylation is 1. The predicted molar refractivity (Wildman–Crippen MR) is 84.9 cm³/mol. The van der Waals surface area contributed by atoms with Crippen molar-refractivity contribution in [3.05, 3.63) is 29.1 Å². The van der Waals surface area contributed by atoms with E-state index in [1.54, 1.807) is 11.1 Å². The Morgan fingerprint density at radius 3 is 2.26 bits per heavy atom. The summed E-state index contributed by atoms with van der Waals surface area (Å²) in [6, 6.07) is 2.34. The molecule has 0 amide bonds. The highest BCUT2D eigenvalue weighted by atomic mass is 31.0. The first-order valence-electron chi connectivity index (χ1n) is 8.08. The van der Waals surface area contributed by atoms with Gasteiger partial charge in [-0.3, -0.25) is 4.98 Å². The van der Waals surface area contributed by atoms with Gasteiger partial charge in [0.1, 0.15) is 0 Å². The highest BCUT2D eigenvalue weighted by molar-refractivity contribution is 7.16. The molecule has 0 bridgehead atoms. The van der Waals surface area contributed by atoms with Crippen LogP contribution >= 0.6 is 9.24 Å². The maximum atomic E-state index is 4.73. The van der Waals surface area contributed by atoms with E-state index < -0.39 is 0 Å². The Labute approximate surface area is 119 Å². The molecule has 0 aromatic carbocycles. The predicted octanol–water partition coefficient (Wildman–Crippen LogP) is 4.81. The molecule has 2 fully saturated rings. The SMILES string of the molecule is PCCc1nccc(C2CCCC2)c1C1CCCC1. The molecule has 1 aromatic heterocycles. The Bertz CT molecular complexity index is 417. The Balaban J connectivity index is 1.98. The summed E-state index contributed by atoms with van der Waals surface area (Å²) in [6.45, 7) is 0. The molecule has 0 aliphatic heterocycles. The van der Waals surface area contributed by atoms with Crippen LogP contribution in [0.25, 0.3) is 0 Å². The summed E-state index contributed by atoms with van der Waals surface area (Å²) in [6.07, 6.45) is 15.7. The molecule has 1 nitrogen and oxygen atoms in total. The minimum absolute atomic E-state index is 0.816. The molecule has 2 aliphatic rings. The van der Waals surface area contributed by atoms with Crippen molar-refractivity contribution in [2.75, 3.05) is 6.16 Å². The normalized spacial score (nSPS) is 21.3. The van der Waals surface area contributed by atoms with Crippen LogP contribution in [0.5, 0.6) is 0 Å². The first-order chi connectivity index (χ1) is 9.40. The van der Waals surface area contributed by atoms with Crippen molar-refractivity contribution in [3.8, 4) is 0 Å². The molecule has 104 valence electrons. The van der Waals surface area contributed by atoms with Crippen LogP contribution in [0.4, 0.5) is 0 Å². The lowest BCUT2D eigenvalue weighted by Crippen LogP contribution is -2.09. The molecule has 1 heterocycles. The smallest absolute Gasteiger partial charge is 0.0444 e. The third-order valence-corrected chi connectivity index (χ3v) is 5.33.